The third-order valence-electron chi connectivity index (χ3n) is 5.85. The van der Waals surface area contributed by atoms with Crippen molar-refractivity contribution in [3.63, 3.8) is 0 Å². The van der Waals surface area contributed by atoms with Crippen molar-refractivity contribution in [2.75, 3.05) is 26.7 Å². The van der Waals surface area contributed by atoms with Crippen LogP contribution in [-0.4, -0.2) is 64.1 Å². The Bertz CT molecular complexity index is 390. The second-order valence-electron chi connectivity index (χ2n) is 8.34. The minimum Gasteiger partial charge on any atom is -0.469 e. The molecule has 0 radical (unpaired) electrons. The molecule has 4 nitrogen and oxygen atoms in total. The normalized spacial score (nSPS) is 26.2. The fourth-order valence-corrected chi connectivity index (χ4v) is 5.17. The molecule has 0 N–H and O–H groups in total. The van der Waals surface area contributed by atoms with Crippen LogP contribution < -0.4 is 0 Å². The maximum absolute atomic E-state index is 11.8. The number of hydrogen-bond acceptors (Lipinski definition) is 4. The van der Waals surface area contributed by atoms with Gasteiger partial charge in [-0.25, -0.2) is 0 Å². The minimum absolute atomic E-state index is 0.0520. The van der Waals surface area contributed by atoms with E-state index >= 15 is 0 Å². The van der Waals surface area contributed by atoms with Crippen molar-refractivity contribution < 1.29 is 9.53 Å². The maximum atomic E-state index is 11.8. The molecule has 25 heavy (non-hydrogen) atoms. The van der Waals surface area contributed by atoms with Crippen molar-refractivity contribution in [2.45, 2.75) is 90.4 Å². The summed E-state index contributed by atoms with van der Waals surface area (Å²) in [5.41, 5.74) is 0. The molecule has 1 rings (SSSR count). The van der Waals surface area contributed by atoms with Crippen LogP contribution in [0.4, 0.5) is 0 Å². The molecule has 3 unspecified atom stereocenters. The molecule has 0 aromatic carbocycles. The zero-order valence-electron chi connectivity index (χ0n) is 17.6. The summed E-state index contributed by atoms with van der Waals surface area (Å²) >= 11 is 0. The average Bonchev–Trinajstić information content (AvgIpc) is 2.79. The summed E-state index contributed by atoms with van der Waals surface area (Å²) in [7, 11) is 2.58. The van der Waals surface area contributed by atoms with Gasteiger partial charge in [-0.2, -0.15) is 0 Å². The number of rotatable bonds is 12. The quantitative estimate of drug-likeness (QED) is 0.300. The Balaban J connectivity index is 2.35. The van der Waals surface area contributed by atoms with E-state index < -0.39 is 0 Å². The smallest absolute Gasteiger partial charge is 0.309 e. The van der Waals surface area contributed by atoms with Crippen molar-refractivity contribution in [1.29, 1.82) is 0 Å². The molecule has 1 saturated heterocycles. The molecule has 0 amide bonds. The van der Waals surface area contributed by atoms with E-state index in [0.717, 1.165) is 23.3 Å². The van der Waals surface area contributed by atoms with Crippen molar-refractivity contribution in [1.82, 2.24) is 9.80 Å². The second-order valence-corrected chi connectivity index (χ2v) is 10.2. The van der Waals surface area contributed by atoms with Gasteiger partial charge in [0.25, 0.3) is 0 Å². The molecule has 0 aromatic heterocycles. The topological polar surface area (TPSA) is 32.8 Å². The van der Waals surface area contributed by atoms with Gasteiger partial charge in [-0.05, 0) is 26.8 Å². The molecule has 5 heteroatoms. The largest absolute Gasteiger partial charge is 0.469 e. The number of unbranched alkanes of at least 4 members (excludes halogenated alkanes) is 7. The van der Waals surface area contributed by atoms with Crippen LogP contribution in [-0.2, 0) is 9.53 Å². The fraction of sp³-hybridized carbons (Fsp3) is 0.950. The molecule has 3 atom stereocenters. The summed E-state index contributed by atoms with van der Waals surface area (Å²) < 4.78 is 4.91. The van der Waals surface area contributed by atoms with Gasteiger partial charge in [0.1, 0.15) is 0 Å². The summed E-state index contributed by atoms with van der Waals surface area (Å²) in [6.45, 7) is 12.1. The van der Waals surface area contributed by atoms with Crippen LogP contribution in [0.3, 0.4) is 0 Å². The zero-order valence-corrected chi connectivity index (χ0v) is 19.6. The summed E-state index contributed by atoms with van der Waals surface area (Å²) in [6.07, 6.45) is 11.0. The molecule has 0 saturated carbocycles. The molecule has 1 fully saturated rings. The Morgan fingerprint density at radius 1 is 1.20 bits per heavy atom. The Morgan fingerprint density at radius 3 is 2.32 bits per heavy atom. The highest BCUT2D eigenvalue weighted by Gasteiger charge is 2.43. The monoisotopic (exact) mass is 370 g/mol. The zero-order chi connectivity index (χ0) is 18.9. The first-order chi connectivity index (χ1) is 11.8. The van der Waals surface area contributed by atoms with Crippen LogP contribution >= 0.6 is 0 Å². The van der Waals surface area contributed by atoms with E-state index in [9.17, 15) is 4.79 Å². The predicted molar refractivity (Wildman–Crippen MR) is 110 cm³/mol. The number of hydrogen-bond donors (Lipinski definition) is 0. The summed E-state index contributed by atoms with van der Waals surface area (Å²) in [4.78, 5) is 17.0. The van der Waals surface area contributed by atoms with Crippen LogP contribution in [0, 0.1) is 5.92 Å². The number of carbonyl (C=O) groups excluding carboxylic acids is 1. The first kappa shape index (κ1) is 22.6. The van der Waals surface area contributed by atoms with Gasteiger partial charge in [0.15, 0.2) is 0 Å². The van der Waals surface area contributed by atoms with Gasteiger partial charge in [-0.3, -0.25) is 14.6 Å². The minimum atomic E-state index is -0.0915. The van der Waals surface area contributed by atoms with Gasteiger partial charge >= 0.3 is 5.97 Å². The number of nitrogens with zero attached hydrogens (tertiary/aromatic N) is 2. The molecule has 0 aliphatic carbocycles. The number of ether oxygens (including phenoxy) is 1. The van der Waals surface area contributed by atoms with Gasteiger partial charge in [-0.15, -0.1) is 0 Å². The van der Waals surface area contributed by atoms with Crippen molar-refractivity contribution >= 4 is 16.2 Å². The lowest BCUT2D eigenvalue weighted by atomic mass is 10.1. The van der Waals surface area contributed by atoms with E-state index in [4.69, 9.17) is 4.74 Å². The SMILES string of the molecule is CCCCCCCCCCN1CC(C)N(CC(C)C(=O)OC)C1(C)[SiH3]. The molecule has 1 heterocycles. The van der Waals surface area contributed by atoms with Gasteiger partial charge in [0, 0.05) is 34.7 Å². The van der Waals surface area contributed by atoms with E-state index in [1.54, 1.807) is 0 Å². The maximum Gasteiger partial charge on any atom is 0.309 e. The molecular formula is C20H42N2O2Si. The summed E-state index contributed by atoms with van der Waals surface area (Å²) in [6, 6.07) is 0.517. The van der Waals surface area contributed by atoms with E-state index in [2.05, 4.69) is 30.6 Å². The lowest BCUT2D eigenvalue weighted by molar-refractivity contribution is -0.145. The van der Waals surface area contributed by atoms with Gasteiger partial charge in [0.2, 0.25) is 0 Å². The van der Waals surface area contributed by atoms with Crippen LogP contribution in [0.1, 0.15) is 79.1 Å². The highest BCUT2D eigenvalue weighted by atomic mass is 28.1. The molecule has 0 aromatic rings. The Labute approximate surface area is 159 Å². The summed E-state index contributed by atoms with van der Waals surface area (Å²) in [5, 5.41) is 0.156. The van der Waals surface area contributed by atoms with Crippen molar-refractivity contribution in [2.24, 2.45) is 5.92 Å². The molecule has 148 valence electrons. The van der Waals surface area contributed by atoms with E-state index in [1.165, 1.54) is 65.0 Å². The third kappa shape index (κ3) is 7.03. The number of carbonyl (C=O) groups is 1. The first-order valence-corrected chi connectivity index (χ1v) is 11.4. The Morgan fingerprint density at radius 2 is 1.76 bits per heavy atom. The Hall–Kier alpha value is -0.393. The van der Waals surface area contributed by atoms with Crippen molar-refractivity contribution in [3.8, 4) is 0 Å². The third-order valence-corrected chi connectivity index (χ3v) is 7.06. The first-order valence-electron chi connectivity index (χ1n) is 10.4. The van der Waals surface area contributed by atoms with E-state index in [1.807, 2.05) is 6.92 Å². The molecule has 0 spiro atoms. The second kappa shape index (κ2) is 11.3. The molecule has 0 bridgehead atoms. The van der Waals surface area contributed by atoms with Crippen LogP contribution in [0.2, 0.25) is 0 Å². The fourth-order valence-electron chi connectivity index (χ4n) is 4.14. The molecule has 1 aliphatic heterocycles. The summed E-state index contributed by atoms with van der Waals surface area (Å²) in [5.74, 6) is -0.144. The van der Waals surface area contributed by atoms with Crippen LogP contribution in [0.5, 0.6) is 0 Å². The molecular weight excluding hydrogens is 328 g/mol. The highest BCUT2D eigenvalue weighted by molar-refractivity contribution is 6.14. The Kier molecular flexibility index (Phi) is 10.3. The van der Waals surface area contributed by atoms with Crippen molar-refractivity contribution in [3.05, 3.63) is 0 Å². The average molecular weight is 371 g/mol. The standard InChI is InChI=1S/C20H42N2O2Si/c1-6-7-8-9-10-11-12-13-14-21-16-18(3)22(20(21,4)25)15-17(2)19(23)24-5/h17-18H,6-16H2,1-5,25H3. The number of methoxy groups -OCH3 is 1. The lowest BCUT2D eigenvalue weighted by Gasteiger charge is -2.40. The van der Waals surface area contributed by atoms with Gasteiger partial charge < -0.3 is 4.74 Å². The van der Waals surface area contributed by atoms with Gasteiger partial charge in [-0.1, -0.05) is 58.8 Å². The van der Waals surface area contributed by atoms with Gasteiger partial charge in [0.05, 0.1) is 13.0 Å². The predicted octanol–water partition coefficient (Wildman–Crippen LogP) is 2.98. The van der Waals surface area contributed by atoms with Crippen LogP contribution in [0.25, 0.3) is 0 Å². The molecule has 1 aliphatic rings. The van der Waals surface area contributed by atoms with Crippen LogP contribution in [0.15, 0.2) is 0 Å². The van der Waals surface area contributed by atoms with E-state index in [-0.39, 0.29) is 17.2 Å². The lowest BCUT2D eigenvalue weighted by Crippen LogP contribution is -2.54. The van der Waals surface area contributed by atoms with E-state index in [0.29, 0.717) is 6.04 Å². The number of esters is 1. The highest BCUT2D eigenvalue weighted by Crippen LogP contribution is 2.29.